The summed E-state index contributed by atoms with van der Waals surface area (Å²) in [6.45, 7) is 4.02. The minimum absolute atomic E-state index is 0.268. The summed E-state index contributed by atoms with van der Waals surface area (Å²) in [4.78, 5) is 16.1. The maximum absolute atomic E-state index is 11.8. The summed E-state index contributed by atoms with van der Waals surface area (Å²) >= 11 is 1.57. The van der Waals surface area contributed by atoms with Gasteiger partial charge in [-0.3, -0.25) is 4.79 Å². The van der Waals surface area contributed by atoms with E-state index in [9.17, 15) is 4.79 Å². The predicted octanol–water partition coefficient (Wildman–Crippen LogP) is 3.50. The molecule has 2 aromatic rings. The Hall–Kier alpha value is -1.48. The highest BCUT2D eigenvalue weighted by molar-refractivity contribution is 7.09. The van der Waals surface area contributed by atoms with Gasteiger partial charge in [0.1, 0.15) is 10.8 Å². The predicted molar refractivity (Wildman–Crippen MR) is 75.1 cm³/mol. The lowest BCUT2D eigenvalue weighted by Crippen LogP contribution is -2.04. The molecule has 0 atom stereocenters. The lowest BCUT2D eigenvalue weighted by molar-refractivity contribution is -0.118. The largest absolute Gasteiger partial charge is 0.299 e. The maximum atomic E-state index is 11.8. The third-order valence-electron chi connectivity index (χ3n) is 2.83. The third kappa shape index (κ3) is 3.77. The molecule has 1 heterocycles. The number of aromatic nitrogens is 1. The fraction of sp³-hybridized carbons (Fsp3) is 0.333. The summed E-state index contributed by atoms with van der Waals surface area (Å²) < 4.78 is 0. The van der Waals surface area contributed by atoms with Gasteiger partial charge in [0, 0.05) is 17.5 Å². The van der Waals surface area contributed by atoms with Gasteiger partial charge in [-0.1, -0.05) is 29.8 Å². The number of carbonyl (C=O) groups is 1. The van der Waals surface area contributed by atoms with Crippen molar-refractivity contribution < 1.29 is 4.79 Å². The summed E-state index contributed by atoms with van der Waals surface area (Å²) in [5, 5.41) is 2.92. The summed E-state index contributed by atoms with van der Waals surface area (Å²) in [5.41, 5.74) is 3.48. The molecule has 1 aromatic carbocycles. The lowest BCUT2D eigenvalue weighted by atomic mass is 10.1. The van der Waals surface area contributed by atoms with Gasteiger partial charge in [-0.05, 0) is 25.8 Å². The molecule has 18 heavy (non-hydrogen) atoms. The summed E-state index contributed by atoms with van der Waals surface area (Å²) in [7, 11) is 0. The second-order valence-corrected chi connectivity index (χ2v) is 5.53. The molecule has 0 unspecified atom stereocenters. The molecule has 94 valence electrons. The normalized spacial score (nSPS) is 10.6. The molecule has 2 rings (SSSR count). The Morgan fingerprint density at radius 2 is 1.94 bits per heavy atom. The van der Waals surface area contributed by atoms with Crippen molar-refractivity contribution in [2.75, 3.05) is 0 Å². The smallest absolute Gasteiger partial charge is 0.140 e. The van der Waals surface area contributed by atoms with Crippen LogP contribution in [0.4, 0.5) is 0 Å². The Balaban J connectivity index is 1.83. The minimum Gasteiger partial charge on any atom is -0.299 e. The molecule has 0 aliphatic carbocycles. The second kappa shape index (κ2) is 5.91. The summed E-state index contributed by atoms with van der Waals surface area (Å²) in [6, 6.07) is 8.36. The Labute approximate surface area is 112 Å². The van der Waals surface area contributed by atoms with E-state index in [-0.39, 0.29) is 5.78 Å². The Bertz CT molecular complexity index is 528. The molecule has 0 aliphatic heterocycles. The van der Waals surface area contributed by atoms with Crippen LogP contribution < -0.4 is 0 Å². The van der Waals surface area contributed by atoms with Gasteiger partial charge in [0.2, 0.25) is 0 Å². The van der Waals surface area contributed by atoms with Crippen LogP contribution >= 0.6 is 11.3 Å². The summed E-state index contributed by atoms with van der Waals surface area (Å²) in [5.74, 6) is 0.268. The van der Waals surface area contributed by atoms with Crippen molar-refractivity contribution in [1.82, 2.24) is 4.98 Å². The highest BCUT2D eigenvalue weighted by atomic mass is 32.1. The summed E-state index contributed by atoms with van der Waals surface area (Å²) in [6.07, 6.45) is 1.90. The van der Waals surface area contributed by atoms with Gasteiger partial charge in [-0.15, -0.1) is 11.3 Å². The number of aryl methyl sites for hydroxylation is 3. The third-order valence-corrected chi connectivity index (χ3v) is 3.79. The van der Waals surface area contributed by atoms with Crippen molar-refractivity contribution in [2.45, 2.75) is 33.1 Å². The number of hydrogen-bond acceptors (Lipinski definition) is 3. The number of carbonyl (C=O) groups excluding carboxylic acids is 1. The van der Waals surface area contributed by atoms with Gasteiger partial charge < -0.3 is 0 Å². The van der Waals surface area contributed by atoms with Gasteiger partial charge in [-0.2, -0.15) is 0 Å². The Kier molecular flexibility index (Phi) is 4.26. The number of benzene rings is 1. The van der Waals surface area contributed by atoms with E-state index in [0.29, 0.717) is 12.8 Å². The van der Waals surface area contributed by atoms with E-state index in [4.69, 9.17) is 0 Å². The monoisotopic (exact) mass is 259 g/mol. The second-order valence-electron chi connectivity index (χ2n) is 4.58. The van der Waals surface area contributed by atoms with Crippen LogP contribution in [0, 0.1) is 13.8 Å². The van der Waals surface area contributed by atoms with Crippen molar-refractivity contribution in [3.05, 3.63) is 51.5 Å². The van der Waals surface area contributed by atoms with Crippen LogP contribution in [0.2, 0.25) is 0 Å². The van der Waals surface area contributed by atoms with Crippen molar-refractivity contribution in [3.63, 3.8) is 0 Å². The molecule has 0 bridgehead atoms. The number of thiazole rings is 1. The van der Waals surface area contributed by atoms with E-state index >= 15 is 0 Å². The zero-order chi connectivity index (χ0) is 13.0. The van der Waals surface area contributed by atoms with Gasteiger partial charge in [0.15, 0.2) is 0 Å². The molecule has 2 nitrogen and oxygen atoms in total. The first-order valence-corrected chi connectivity index (χ1v) is 7.00. The van der Waals surface area contributed by atoms with Crippen molar-refractivity contribution >= 4 is 17.1 Å². The van der Waals surface area contributed by atoms with Gasteiger partial charge in [-0.25, -0.2) is 4.98 Å². The molecule has 3 heteroatoms. The fourth-order valence-electron chi connectivity index (χ4n) is 1.78. The average Bonchev–Trinajstić information content (AvgIpc) is 2.74. The van der Waals surface area contributed by atoms with Gasteiger partial charge in [0.25, 0.3) is 0 Å². The highest BCUT2D eigenvalue weighted by Crippen LogP contribution is 2.12. The zero-order valence-corrected chi connectivity index (χ0v) is 11.6. The quantitative estimate of drug-likeness (QED) is 0.822. The highest BCUT2D eigenvalue weighted by Gasteiger charge is 2.07. The standard InChI is InChI=1S/C15H17NOS/c1-11-3-5-13(6-4-11)7-8-14(17)9-15-16-12(2)10-18-15/h3-6,10H,7-9H2,1-2H3. The fourth-order valence-corrected chi connectivity index (χ4v) is 2.58. The molecule has 0 aliphatic rings. The Morgan fingerprint density at radius 1 is 1.22 bits per heavy atom. The molecule has 0 spiro atoms. The van der Waals surface area contributed by atoms with Gasteiger partial charge in [0.05, 0.1) is 6.42 Å². The molecular formula is C15H17NOS. The van der Waals surface area contributed by atoms with Crippen molar-refractivity contribution in [2.24, 2.45) is 0 Å². The van der Waals surface area contributed by atoms with E-state index in [2.05, 4.69) is 36.2 Å². The van der Waals surface area contributed by atoms with Crippen LogP contribution in [0.25, 0.3) is 0 Å². The number of rotatable bonds is 5. The molecule has 0 fully saturated rings. The van der Waals surface area contributed by atoms with Crippen LogP contribution in [-0.4, -0.2) is 10.8 Å². The van der Waals surface area contributed by atoms with Crippen molar-refractivity contribution in [3.8, 4) is 0 Å². The topological polar surface area (TPSA) is 30.0 Å². The lowest BCUT2D eigenvalue weighted by Gasteiger charge is -2.01. The van der Waals surface area contributed by atoms with Crippen LogP contribution in [0.5, 0.6) is 0 Å². The molecule has 1 aromatic heterocycles. The molecule has 0 saturated heterocycles. The number of hydrogen-bond donors (Lipinski definition) is 0. The zero-order valence-electron chi connectivity index (χ0n) is 10.8. The molecule has 0 amide bonds. The molecular weight excluding hydrogens is 242 g/mol. The molecule has 0 saturated carbocycles. The number of Topliss-reactive ketones (excluding diaryl/α,β-unsaturated/α-hetero) is 1. The maximum Gasteiger partial charge on any atom is 0.140 e. The van der Waals surface area contributed by atoms with E-state index in [1.165, 1.54) is 11.1 Å². The van der Waals surface area contributed by atoms with E-state index < -0.39 is 0 Å². The van der Waals surface area contributed by atoms with Gasteiger partial charge >= 0.3 is 0 Å². The molecule has 0 N–H and O–H groups in total. The van der Waals surface area contributed by atoms with E-state index in [1.807, 2.05) is 12.3 Å². The number of ketones is 1. The minimum atomic E-state index is 0.268. The van der Waals surface area contributed by atoms with Crippen LogP contribution in [0.15, 0.2) is 29.6 Å². The van der Waals surface area contributed by atoms with Crippen LogP contribution in [0.1, 0.15) is 28.2 Å². The SMILES string of the molecule is Cc1ccc(CCC(=O)Cc2nc(C)cs2)cc1. The van der Waals surface area contributed by atoms with E-state index in [0.717, 1.165) is 17.1 Å². The van der Waals surface area contributed by atoms with Crippen molar-refractivity contribution in [1.29, 1.82) is 0 Å². The first-order valence-electron chi connectivity index (χ1n) is 6.12. The first-order chi connectivity index (χ1) is 8.63. The molecule has 0 radical (unpaired) electrons. The van der Waals surface area contributed by atoms with E-state index in [1.54, 1.807) is 11.3 Å². The first kappa shape index (κ1) is 13.0. The number of nitrogens with zero attached hydrogens (tertiary/aromatic N) is 1. The average molecular weight is 259 g/mol. The van der Waals surface area contributed by atoms with Crippen LogP contribution in [0.3, 0.4) is 0 Å². The Morgan fingerprint density at radius 3 is 2.56 bits per heavy atom. The van der Waals surface area contributed by atoms with Crippen LogP contribution in [-0.2, 0) is 17.6 Å².